The number of hydrogen-bond acceptors (Lipinski definition) is 2. The van der Waals surface area contributed by atoms with Crippen LogP contribution in [-0.2, 0) is 0 Å². The molecule has 1 amide bonds. The molecule has 1 heterocycles. The van der Waals surface area contributed by atoms with Crippen LogP contribution < -0.4 is 5.32 Å². The Balaban J connectivity index is 1.92. The fourth-order valence-corrected chi connectivity index (χ4v) is 1.65. The monoisotopic (exact) mass is 246 g/mol. The van der Waals surface area contributed by atoms with Crippen molar-refractivity contribution in [3.8, 4) is 0 Å². The quantitative estimate of drug-likeness (QED) is 0.814. The molecule has 1 fully saturated rings. The van der Waals surface area contributed by atoms with Gasteiger partial charge in [0.05, 0.1) is 5.56 Å². The van der Waals surface area contributed by atoms with Crippen molar-refractivity contribution in [3.05, 3.63) is 29.0 Å². The van der Waals surface area contributed by atoms with E-state index >= 15 is 0 Å². The third-order valence-electron chi connectivity index (χ3n) is 2.41. The highest BCUT2D eigenvalue weighted by atomic mass is 35.5. The Morgan fingerprint density at radius 3 is 2.69 bits per heavy atom. The molecule has 0 bridgehead atoms. The molecule has 1 aliphatic rings. The van der Waals surface area contributed by atoms with Gasteiger partial charge in [-0.25, -0.2) is 13.8 Å². The molecule has 0 radical (unpaired) electrons. The van der Waals surface area contributed by atoms with E-state index in [0.717, 1.165) is 0 Å². The fraction of sp³-hybridized carbons (Fsp3) is 0.400. The van der Waals surface area contributed by atoms with Gasteiger partial charge in [0, 0.05) is 25.1 Å². The van der Waals surface area contributed by atoms with Crippen molar-refractivity contribution >= 4 is 17.5 Å². The molecule has 1 aromatic rings. The molecular formula is C10H9ClF2N2O. The van der Waals surface area contributed by atoms with Gasteiger partial charge in [0.15, 0.2) is 0 Å². The first-order valence-corrected chi connectivity index (χ1v) is 5.14. The number of aromatic nitrogens is 1. The van der Waals surface area contributed by atoms with Crippen LogP contribution in [0.3, 0.4) is 0 Å². The molecule has 1 aromatic heterocycles. The first-order valence-electron chi connectivity index (χ1n) is 4.76. The molecule has 2 rings (SSSR count). The highest BCUT2D eigenvalue weighted by molar-refractivity contribution is 6.29. The predicted octanol–water partition coefficient (Wildman–Crippen LogP) is 2.26. The number of rotatable bonds is 2. The van der Waals surface area contributed by atoms with Gasteiger partial charge in [-0.3, -0.25) is 4.79 Å². The number of nitrogens with zero attached hydrogens (tertiary/aromatic N) is 1. The third kappa shape index (κ3) is 2.47. The maximum Gasteiger partial charge on any atom is 0.253 e. The summed E-state index contributed by atoms with van der Waals surface area (Å²) in [6.07, 6.45) is 0.730. The SMILES string of the molecule is O=C(NC1CC(F)(F)C1)c1ccc(Cl)nc1. The van der Waals surface area contributed by atoms with Crippen LogP contribution in [0.4, 0.5) is 8.78 Å². The summed E-state index contributed by atoms with van der Waals surface area (Å²) >= 11 is 5.56. The third-order valence-corrected chi connectivity index (χ3v) is 2.64. The lowest BCUT2D eigenvalue weighted by Crippen LogP contribution is -2.50. The highest BCUT2D eigenvalue weighted by Crippen LogP contribution is 2.37. The van der Waals surface area contributed by atoms with Gasteiger partial charge in [-0.1, -0.05) is 11.6 Å². The lowest BCUT2D eigenvalue weighted by molar-refractivity contribution is -0.0901. The minimum absolute atomic E-state index is 0.284. The molecule has 0 atom stereocenters. The average Bonchev–Trinajstić information content (AvgIpc) is 2.15. The van der Waals surface area contributed by atoms with E-state index in [1.165, 1.54) is 18.3 Å². The Kier molecular flexibility index (Phi) is 2.80. The predicted molar refractivity (Wildman–Crippen MR) is 54.7 cm³/mol. The number of carbonyl (C=O) groups is 1. The Hall–Kier alpha value is -1.23. The largest absolute Gasteiger partial charge is 0.349 e. The summed E-state index contributed by atoms with van der Waals surface area (Å²) in [6.45, 7) is 0. The van der Waals surface area contributed by atoms with Crippen molar-refractivity contribution < 1.29 is 13.6 Å². The van der Waals surface area contributed by atoms with Crippen LogP contribution >= 0.6 is 11.6 Å². The highest BCUT2D eigenvalue weighted by Gasteiger charge is 2.45. The van der Waals surface area contributed by atoms with E-state index in [2.05, 4.69) is 10.3 Å². The smallest absolute Gasteiger partial charge is 0.253 e. The van der Waals surface area contributed by atoms with Gasteiger partial charge < -0.3 is 5.32 Å². The molecule has 0 aromatic carbocycles. The van der Waals surface area contributed by atoms with E-state index in [4.69, 9.17) is 11.6 Å². The minimum atomic E-state index is -2.63. The second-order valence-corrected chi connectivity index (χ2v) is 4.19. The lowest BCUT2D eigenvalue weighted by atomic mass is 9.88. The Morgan fingerprint density at radius 2 is 2.19 bits per heavy atom. The second-order valence-electron chi connectivity index (χ2n) is 3.80. The van der Waals surface area contributed by atoms with E-state index in [1.807, 2.05) is 0 Å². The zero-order chi connectivity index (χ0) is 11.8. The van der Waals surface area contributed by atoms with Gasteiger partial charge in [0.1, 0.15) is 5.15 Å². The summed E-state index contributed by atoms with van der Waals surface area (Å²) in [5.41, 5.74) is 0.319. The maximum absolute atomic E-state index is 12.5. The molecule has 1 saturated carbocycles. The Labute approximate surface area is 95.8 Å². The van der Waals surface area contributed by atoms with Crippen LogP contribution in [-0.4, -0.2) is 22.9 Å². The zero-order valence-corrected chi connectivity index (χ0v) is 8.97. The van der Waals surface area contributed by atoms with Crippen LogP contribution in [0, 0.1) is 0 Å². The number of pyridine rings is 1. The molecule has 1 N–H and O–H groups in total. The number of carbonyl (C=O) groups excluding carboxylic acids is 1. The maximum atomic E-state index is 12.5. The first-order chi connectivity index (χ1) is 7.46. The van der Waals surface area contributed by atoms with Crippen molar-refractivity contribution in [3.63, 3.8) is 0 Å². The molecule has 0 aliphatic heterocycles. The Bertz CT molecular complexity index is 400. The van der Waals surface area contributed by atoms with Gasteiger partial charge in [-0.2, -0.15) is 0 Å². The van der Waals surface area contributed by atoms with Gasteiger partial charge in [-0.15, -0.1) is 0 Å². The van der Waals surface area contributed by atoms with Crippen molar-refractivity contribution in [1.29, 1.82) is 0 Å². The summed E-state index contributed by atoms with van der Waals surface area (Å²) in [6, 6.07) is 2.53. The molecule has 0 saturated heterocycles. The lowest BCUT2D eigenvalue weighted by Gasteiger charge is -2.35. The van der Waals surface area contributed by atoms with Crippen molar-refractivity contribution in [2.45, 2.75) is 24.8 Å². The second kappa shape index (κ2) is 3.97. The number of halogens is 3. The van der Waals surface area contributed by atoms with E-state index in [-0.39, 0.29) is 18.0 Å². The summed E-state index contributed by atoms with van der Waals surface area (Å²) in [4.78, 5) is 15.3. The molecule has 3 nitrogen and oxygen atoms in total. The number of hydrogen-bond donors (Lipinski definition) is 1. The van der Waals surface area contributed by atoms with E-state index in [0.29, 0.717) is 5.56 Å². The summed E-state index contributed by atoms with van der Waals surface area (Å²) < 4.78 is 25.0. The Morgan fingerprint density at radius 1 is 1.50 bits per heavy atom. The molecule has 16 heavy (non-hydrogen) atoms. The fourth-order valence-electron chi connectivity index (χ4n) is 1.54. The average molecular weight is 247 g/mol. The van der Waals surface area contributed by atoms with E-state index in [1.54, 1.807) is 0 Å². The number of nitrogens with one attached hydrogen (secondary N) is 1. The van der Waals surface area contributed by atoms with Crippen LogP contribution in [0.2, 0.25) is 5.15 Å². The van der Waals surface area contributed by atoms with Crippen molar-refractivity contribution in [2.75, 3.05) is 0 Å². The summed E-state index contributed by atoms with van der Waals surface area (Å²) in [7, 11) is 0. The van der Waals surface area contributed by atoms with Gasteiger partial charge in [-0.05, 0) is 12.1 Å². The standard InChI is InChI=1S/C10H9ClF2N2O/c11-8-2-1-6(5-14-8)9(16)15-7-3-10(12,13)4-7/h1-2,5,7H,3-4H2,(H,15,16). The molecule has 6 heteroatoms. The minimum Gasteiger partial charge on any atom is -0.349 e. The molecule has 86 valence electrons. The van der Waals surface area contributed by atoms with Crippen LogP contribution in [0.5, 0.6) is 0 Å². The van der Waals surface area contributed by atoms with Gasteiger partial charge >= 0.3 is 0 Å². The zero-order valence-electron chi connectivity index (χ0n) is 8.21. The number of alkyl halides is 2. The van der Waals surface area contributed by atoms with Gasteiger partial charge in [0.2, 0.25) is 0 Å². The number of amides is 1. The summed E-state index contributed by atoms with van der Waals surface area (Å²) in [5, 5.41) is 2.79. The van der Waals surface area contributed by atoms with E-state index < -0.39 is 17.9 Å². The van der Waals surface area contributed by atoms with Crippen molar-refractivity contribution in [1.82, 2.24) is 10.3 Å². The molecule has 1 aliphatic carbocycles. The molecular weight excluding hydrogens is 238 g/mol. The van der Waals surface area contributed by atoms with Crippen molar-refractivity contribution in [2.24, 2.45) is 0 Å². The normalized spacial score (nSPS) is 18.9. The van der Waals surface area contributed by atoms with E-state index in [9.17, 15) is 13.6 Å². The first kappa shape index (κ1) is 11.3. The van der Waals surface area contributed by atoms with Crippen LogP contribution in [0.15, 0.2) is 18.3 Å². The molecule has 0 spiro atoms. The van der Waals surface area contributed by atoms with Gasteiger partial charge in [0.25, 0.3) is 11.8 Å². The van der Waals surface area contributed by atoms with Crippen LogP contribution in [0.25, 0.3) is 0 Å². The topological polar surface area (TPSA) is 42.0 Å². The molecule has 0 unspecified atom stereocenters. The van der Waals surface area contributed by atoms with Crippen LogP contribution in [0.1, 0.15) is 23.2 Å². The summed E-state index contributed by atoms with van der Waals surface area (Å²) in [5.74, 6) is -3.03.